The molecule has 2 aromatic carbocycles. The quantitative estimate of drug-likeness (QED) is 0.343. The van der Waals surface area contributed by atoms with Crippen LogP contribution in [0, 0.1) is 13.8 Å². The first-order valence-electron chi connectivity index (χ1n) is 7.17. The molecule has 5 heteroatoms. The van der Waals surface area contributed by atoms with E-state index in [1.807, 2.05) is 0 Å². The Morgan fingerprint density at radius 3 is 1.83 bits per heavy atom. The zero-order valence-corrected chi connectivity index (χ0v) is 19.5. The van der Waals surface area contributed by atoms with E-state index >= 15 is 0 Å². The van der Waals surface area contributed by atoms with Crippen molar-refractivity contribution in [1.82, 2.24) is 0 Å². The van der Waals surface area contributed by atoms with Crippen LogP contribution in [0.5, 0.6) is 0 Å². The van der Waals surface area contributed by atoms with Gasteiger partial charge in [-0.1, -0.05) is 61.5 Å². The summed E-state index contributed by atoms with van der Waals surface area (Å²) in [5, 5.41) is 3.16. The van der Waals surface area contributed by atoms with Crippen molar-refractivity contribution >= 4 is 18.4 Å². The van der Waals surface area contributed by atoms with Crippen molar-refractivity contribution in [3.8, 4) is 0 Å². The van der Waals surface area contributed by atoms with E-state index in [-0.39, 0.29) is 58.9 Å². The van der Waals surface area contributed by atoms with E-state index in [0.29, 0.717) is 5.92 Å². The summed E-state index contributed by atoms with van der Waals surface area (Å²) in [6.45, 7) is 13.9. The Labute approximate surface area is 176 Å². The van der Waals surface area contributed by atoms with Crippen LogP contribution in [-0.2, 0) is 21.7 Å². The monoisotopic (exact) mass is 422 g/mol. The average Bonchev–Trinajstić information content (AvgIpc) is 2.76. The fourth-order valence-corrected chi connectivity index (χ4v) is 6.09. The summed E-state index contributed by atoms with van der Waals surface area (Å²) in [6, 6.07) is 13.9. The van der Waals surface area contributed by atoms with Gasteiger partial charge in [0, 0.05) is 0 Å². The van der Waals surface area contributed by atoms with E-state index < -0.39 is 8.07 Å². The Morgan fingerprint density at radius 1 is 0.913 bits per heavy atom. The first kappa shape index (κ1) is 28.2. The molecule has 0 atom stereocenters. The van der Waals surface area contributed by atoms with Gasteiger partial charge in [0.2, 0.25) is 0 Å². The molecule has 0 N–H and O–H groups in total. The minimum atomic E-state index is -1.57. The van der Waals surface area contributed by atoms with E-state index in [2.05, 4.69) is 77.2 Å². The number of halogens is 3. The molecular weight excluding hydrogens is 399 g/mol. The van der Waals surface area contributed by atoms with Gasteiger partial charge in [-0.05, 0) is 19.8 Å². The SMILES string of the molecule is Cc1cc(C)cc([Si](C)(C)[c-]2cccc2C(C)C)c1.[Cl-].[Cl-].[Cl-].[Ti+4]. The van der Waals surface area contributed by atoms with Crippen molar-refractivity contribution in [3.05, 3.63) is 53.1 Å². The molecule has 2 aromatic rings. The van der Waals surface area contributed by atoms with Crippen LogP contribution in [-0.4, -0.2) is 8.07 Å². The van der Waals surface area contributed by atoms with Crippen molar-refractivity contribution in [1.29, 1.82) is 0 Å². The Hall–Kier alpha value is 0.371. The zero-order chi connectivity index (χ0) is 14.2. The van der Waals surface area contributed by atoms with Gasteiger partial charge in [0.15, 0.2) is 0 Å². The Morgan fingerprint density at radius 2 is 1.39 bits per heavy atom. The predicted molar refractivity (Wildman–Crippen MR) is 88.8 cm³/mol. The number of hydrogen-bond acceptors (Lipinski definition) is 0. The first-order valence-corrected chi connectivity index (χ1v) is 10.2. The molecule has 0 radical (unpaired) electrons. The molecule has 0 fully saturated rings. The van der Waals surface area contributed by atoms with Gasteiger partial charge in [0.1, 0.15) is 0 Å². The molecule has 0 unspecified atom stereocenters. The smallest absolute Gasteiger partial charge is 1.00 e. The van der Waals surface area contributed by atoms with Gasteiger partial charge < -0.3 is 37.2 Å². The molecule has 0 aromatic heterocycles. The Bertz CT molecular complexity index is 571. The van der Waals surface area contributed by atoms with E-state index in [1.54, 1.807) is 10.4 Å². The van der Waals surface area contributed by atoms with Crippen LogP contribution < -0.4 is 47.6 Å². The second kappa shape index (κ2) is 11.1. The van der Waals surface area contributed by atoms with Crippen LogP contribution in [0.25, 0.3) is 0 Å². The summed E-state index contributed by atoms with van der Waals surface area (Å²) in [7, 11) is -1.57. The van der Waals surface area contributed by atoms with Gasteiger partial charge >= 0.3 is 21.7 Å². The Kier molecular flexibility index (Phi) is 13.6. The number of aryl methyl sites for hydroxylation is 2. The minimum Gasteiger partial charge on any atom is -1.00 e. The number of rotatable bonds is 3. The summed E-state index contributed by atoms with van der Waals surface area (Å²) >= 11 is 0. The maximum atomic E-state index is 2.47. The molecule has 0 heterocycles. The van der Waals surface area contributed by atoms with Gasteiger partial charge in [0.05, 0.1) is 8.07 Å². The van der Waals surface area contributed by atoms with Crippen LogP contribution in [0.3, 0.4) is 0 Å². The molecule has 0 bridgehead atoms. The van der Waals surface area contributed by atoms with Crippen molar-refractivity contribution < 1.29 is 58.9 Å². The number of benzene rings is 1. The van der Waals surface area contributed by atoms with Gasteiger partial charge in [-0.15, -0.1) is 0 Å². The zero-order valence-electron chi connectivity index (χ0n) is 14.7. The predicted octanol–water partition coefficient (Wildman–Crippen LogP) is -5.02. The van der Waals surface area contributed by atoms with Crippen molar-refractivity contribution in [2.24, 2.45) is 0 Å². The van der Waals surface area contributed by atoms with Gasteiger partial charge in [-0.2, -0.15) is 16.8 Å². The molecule has 0 amide bonds. The summed E-state index contributed by atoms with van der Waals surface area (Å²) in [6.07, 6.45) is 0. The fraction of sp³-hybridized carbons (Fsp3) is 0.389. The second-order valence-corrected chi connectivity index (χ2v) is 10.9. The van der Waals surface area contributed by atoms with Gasteiger partial charge in [0.25, 0.3) is 0 Å². The summed E-state index contributed by atoms with van der Waals surface area (Å²) in [5.74, 6) is 0.614. The molecule has 23 heavy (non-hydrogen) atoms. The van der Waals surface area contributed by atoms with Crippen molar-refractivity contribution in [2.75, 3.05) is 0 Å². The average molecular weight is 424 g/mol. The van der Waals surface area contributed by atoms with Gasteiger partial charge in [-0.3, -0.25) is 0 Å². The van der Waals surface area contributed by atoms with Crippen LogP contribution in [0.1, 0.15) is 36.5 Å². The molecule has 0 saturated heterocycles. The molecule has 0 aliphatic heterocycles. The van der Waals surface area contributed by atoms with Gasteiger partial charge in [-0.25, -0.2) is 12.1 Å². The molecular formula is C18H25Cl3SiTi. The minimum absolute atomic E-state index is 0. The maximum Gasteiger partial charge on any atom is 4.00 e. The van der Waals surface area contributed by atoms with Crippen LogP contribution >= 0.6 is 0 Å². The molecule has 2 rings (SSSR count). The van der Waals surface area contributed by atoms with E-state index in [9.17, 15) is 0 Å². The third-order valence-electron chi connectivity index (χ3n) is 4.09. The summed E-state index contributed by atoms with van der Waals surface area (Å²) in [5.41, 5.74) is 4.30. The first-order chi connectivity index (χ1) is 8.82. The molecule has 126 valence electrons. The molecule has 0 nitrogen and oxygen atoms in total. The van der Waals surface area contributed by atoms with E-state index in [0.717, 1.165) is 0 Å². The second-order valence-electron chi connectivity index (χ2n) is 6.55. The summed E-state index contributed by atoms with van der Waals surface area (Å²) < 4.78 is 0. The van der Waals surface area contributed by atoms with E-state index in [4.69, 9.17) is 0 Å². The molecule has 0 saturated carbocycles. The molecule has 0 aliphatic rings. The van der Waals surface area contributed by atoms with Crippen molar-refractivity contribution in [2.45, 2.75) is 46.7 Å². The normalized spacial score (nSPS) is 10.0. The maximum absolute atomic E-state index is 2.47. The third-order valence-corrected chi connectivity index (χ3v) is 7.62. The number of hydrogen-bond donors (Lipinski definition) is 0. The fourth-order valence-electron chi connectivity index (χ4n) is 3.00. The van der Waals surface area contributed by atoms with Crippen LogP contribution in [0.15, 0.2) is 36.4 Å². The molecule has 0 spiro atoms. The van der Waals surface area contributed by atoms with Crippen LogP contribution in [0.4, 0.5) is 0 Å². The topological polar surface area (TPSA) is 0 Å². The van der Waals surface area contributed by atoms with E-state index in [1.165, 1.54) is 16.7 Å². The largest absolute Gasteiger partial charge is 4.00 e. The third kappa shape index (κ3) is 6.31. The molecule has 0 aliphatic carbocycles. The van der Waals surface area contributed by atoms with Crippen LogP contribution in [0.2, 0.25) is 13.1 Å². The summed E-state index contributed by atoms with van der Waals surface area (Å²) in [4.78, 5) is 0. The van der Waals surface area contributed by atoms with Crippen molar-refractivity contribution in [3.63, 3.8) is 0 Å². The standard InChI is InChI=1S/C18H25Si.3ClH.Ti/c1-13(2)17-8-7-9-18(17)19(5,6)16-11-14(3)10-15(4)12-16;;;;/h7-13H,1-6H3;3*1H;/q-1;;;;+4/p-3. The Balaban J connectivity index is -0.000001000.